The van der Waals surface area contributed by atoms with E-state index in [1.165, 1.54) is 23.7 Å². The van der Waals surface area contributed by atoms with Crippen LogP contribution in [0.2, 0.25) is 0 Å². The van der Waals surface area contributed by atoms with E-state index >= 15 is 0 Å². The van der Waals surface area contributed by atoms with Crippen LogP contribution < -0.4 is 16.5 Å². The Balaban J connectivity index is 1.94. The van der Waals surface area contributed by atoms with Gasteiger partial charge in [-0.05, 0) is 30.3 Å². The highest BCUT2D eigenvalue weighted by Crippen LogP contribution is 2.29. The SMILES string of the molecule is Cn1c(-c2ccc(O)c(O)c2)nc(NNc2ccccc2)nc1=O. The molecule has 1 heterocycles. The van der Waals surface area contributed by atoms with Gasteiger partial charge < -0.3 is 10.2 Å². The minimum atomic E-state index is -0.509. The van der Waals surface area contributed by atoms with Gasteiger partial charge in [0, 0.05) is 12.6 Å². The minimum Gasteiger partial charge on any atom is -0.504 e. The van der Waals surface area contributed by atoms with Crippen molar-refractivity contribution in [1.82, 2.24) is 14.5 Å². The fraction of sp³-hybridized carbons (Fsp3) is 0.0625. The molecule has 0 aliphatic rings. The molecule has 0 aliphatic heterocycles. The molecule has 0 unspecified atom stereocenters. The predicted octanol–water partition coefficient (Wildman–Crippen LogP) is 1.69. The minimum absolute atomic E-state index is 0.0875. The molecule has 0 saturated heterocycles. The molecule has 3 aromatic rings. The molecular weight excluding hydrogens is 310 g/mol. The molecule has 0 saturated carbocycles. The summed E-state index contributed by atoms with van der Waals surface area (Å²) < 4.78 is 1.25. The second-order valence-electron chi connectivity index (χ2n) is 5.03. The molecule has 0 fully saturated rings. The molecule has 3 rings (SSSR count). The third kappa shape index (κ3) is 3.12. The van der Waals surface area contributed by atoms with Crippen LogP contribution in [0.5, 0.6) is 11.5 Å². The van der Waals surface area contributed by atoms with Gasteiger partial charge in [-0.3, -0.25) is 15.4 Å². The average molecular weight is 325 g/mol. The predicted molar refractivity (Wildman–Crippen MR) is 89.7 cm³/mol. The van der Waals surface area contributed by atoms with Crippen LogP contribution in [0.25, 0.3) is 11.4 Å². The lowest BCUT2D eigenvalue weighted by Gasteiger charge is -2.11. The van der Waals surface area contributed by atoms with E-state index in [1.807, 2.05) is 30.3 Å². The first-order valence-electron chi connectivity index (χ1n) is 7.09. The summed E-state index contributed by atoms with van der Waals surface area (Å²) in [7, 11) is 1.52. The molecule has 122 valence electrons. The third-order valence-electron chi connectivity index (χ3n) is 3.34. The van der Waals surface area contributed by atoms with Gasteiger partial charge in [-0.25, -0.2) is 4.79 Å². The number of rotatable bonds is 4. The molecule has 1 aromatic heterocycles. The Morgan fingerprint density at radius 1 is 0.958 bits per heavy atom. The topological polar surface area (TPSA) is 112 Å². The number of phenolic OH excluding ortho intramolecular Hbond substituents is 2. The van der Waals surface area contributed by atoms with Crippen LogP contribution in [0.15, 0.2) is 53.3 Å². The maximum absolute atomic E-state index is 12.0. The number of hydrogen-bond donors (Lipinski definition) is 4. The van der Waals surface area contributed by atoms with Crippen molar-refractivity contribution in [3.63, 3.8) is 0 Å². The number of nitrogens with one attached hydrogen (secondary N) is 2. The molecule has 0 spiro atoms. The van der Waals surface area contributed by atoms with Crippen LogP contribution in [-0.4, -0.2) is 24.7 Å². The van der Waals surface area contributed by atoms with E-state index in [4.69, 9.17) is 0 Å². The zero-order chi connectivity index (χ0) is 17.1. The second kappa shape index (κ2) is 6.29. The van der Waals surface area contributed by atoms with Crippen molar-refractivity contribution >= 4 is 11.6 Å². The zero-order valence-corrected chi connectivity index (χ0v) is 12.8. The Morgan fingerprint density at radius 3 is 2.42 bits per heavy atom. The van der Waals surface area contributed by atoms with Crippen molar-refractivity contribution < 1.29 is 10.2 Å². The van der Waals surface area contributed by atoms with E-state index < -0.39 is 5.69 Å². The van der Waals surface area contributed by atoms with E-state index in [9.17, 15) is 15.0 Å². The summed E-state index contributed by atoms with van der Waals surface area (Å²) in [6.07, 6.45) is 0. The molecule has 0 atom stereocenters. The average Bonchev–Trinajstić information content (AvgIpc) is 2.59. The van der Waals surface area contributed by atoms with E-state index in [-0.39, 0.29) is 17.4 Å². The molecule has 0 aliphatic carbocycles. The molecule has 0 amide bonds. The van der Waals surface area contributed by atoms with Crippen molar-refractivity contribution in [3.8, 4) is 22.9 Å². The number of para-hydroxylation sites is 1. The van der Waals surface area contributed by atoms with Gasteiger partial charge in [0.2, 0.25) is 5.95 Å². The van der Waals surface area contributed by atoms with Crippen molar-refractivity contribution in [2.45, 2.75) is 0 Å². The number of benzene rings is 2. The van der Waals surface area contributed by atoms with Crippen molar-refractivity contribution in [2.24, 2.45) is 7.05 Å². The number of aromatic hydroxyl groups is 2. The first kappa shape index (κ1) is 15.3. The maximum Gasteiger partial charge on any atom is 0.352 e. The lowest BCUT2D eigenvalue weighted by atomic mass is 10.2. The van der Waals surface area contributed by atoms with Gasteiger partial charge in [0.25, 0.3) is 0 Å². The van der Waals surface area contributed by atoms with Gasteiger partial charge >= 0.3 is 5.69 Å². The van der Waals surface area contributed by atoms with Crippen molar-refractivity contribution in [2.75, 3.05) is 10.9 Å². The molecule has 0 radical (unpaired) electrons. The van der Waals surface area contributed by atoms with Gasteiger partial charge in [-0.15, -0.1) is 0 Å². The summed E-state index contributed by atoms with van der Waals surface area (Å²) in [5.74, 6) is -0.162. The summed E-state index contributed by atoms with van der Waals surface area (Å²) in [6, 6.07) is 13.5. The van der Waals surface area contributed by atoms with Gasteiger partial charge in [-0.2, -0.15) is 9.97 Å². The molecule has 24 heavy (non-hydrogen) atoms. The van der Waals surface area contributed by atoms with Crippen molar-refractivity contribution in [1.29, 1.82) is 0 Å². The maximum atomic E-state index is 12.0. The Labute approximate surface area is 137 Å². The van der Waals surface area contributed by atoms with Crippen LogP contribution in [-0.2, 0) is 7.05 Å². The molecule has 2 aromatic carbocycles. The molecule has 8 heteroatoms. The highest BCUT2D eigenvalue weighted by Gasteiger charge is 2.11. The Kier molecular flexibility index (Phi) is 4.02. The highest BCUT2D eigenvalue weighted by molar-refractivity contribution is 5.61. The molecular formula is C16H15N5O3. The zero-order valence-electron chi connectivity index (χ0n) is 12.8. The summed E-state index contributed by atoms with van der Waals surface area (Å²) in [5, 5.41) is 19.0. The lowest BCUT2D eigenvalue weighted by molar-refractivity contribution is 0.404. The summed E-state index contributed by atoms with van der Waals surface area (Å²) in [4.78, 5) is 20.1. The van der Waals surface area contributed by atoms with E-state index in [2.05, 4.69) is 20.8 Å². The fourth-order valence-electron chi connectivity index (χ4n) is 2.08. The van der Waals surface area contributed by atoms with Crippen LogP contribution in [0.4, 0.5) is 11.6 Å². The van der Waals surface area contributed by atoms with Gasteiger partial charge in [0.05, 0.1) is 5.69 Å². The van der Waals surface area contributed by atoms with Crippen LogP contribution in [0.3, 0.4) is 0 Å². The number of phenols is 2. The van der Waals surface area contributed by atoms with Gasteiger partial charge in [-0.1, -0.05) is 18.2 Å². The Bertz CT molecular complexity index is 925. The van der Waals surface area contributed by atoms with E-state index in [0.29, 0.717) is 11.4 Å². The van der Waals surface area contributed by atoms with E-state index in [1.54, 1.807) is 6.07 Å². The smallest absolute Gasteiger partial charge is 0.352 e. The van der Waals surface area contributed by atoms with Crippen molar-refractivity contribution in [3.05, 3.63) is 59.0 Å². The van der Waals surface area contributed by atoms with Crippen LogP contribution in [0, 0.1) is 0 Å². The molecule has 8 nitrogen and oxygen atoms in total. The lowest BCUT2D eigenvalue weighted by Crippen LogP contribution is -2.26. The standard InChI is InChI=1S/C16H15N5O3/c1-21-14(10-7-8-12(22)13(23)9-10)17-15(18-16(21)24)20-19-11-5-3-2-4-6-11/h2-9,19,22-23H,1H3,(H,18,20,24). The Hall–Kier alpha value is -3.55. The number of nitrogens with zero attached hydrogens (tertiary/aromatic N) is 3. The highest BCUT2D eigenvalue weighted by atomic mass is 16.3. The van der Waals surface area contributed by atoms with Gasteiger partial charge in [0.15, 0.2) is 11.5 Å². The van der Waals surface area contributed by atoms with E-state index in [0.717, 1.165) is 5.69 Å². The number of hydrazine groups is 1. The van der Waals surface area contributed by atoms with Crippen LogP contribution >= 0.6 is 0 Å². The third-order valence-corrected chi connectivity index (χ3v) is 3.34. The summed E-state index contributed by atoms with van der Waals surface area (Å²) in [6.45, 7) is 0. The second-order valence-corrected chi connectivity index (χ2v) is 5.03. The first-order chi connectivity index (χ1) is 11.5. The largest absolute Gasteiger partial charge is 0.504 e. The first-order valence-corrected chi connectivity index (χ1v) is 7.09. The fourth-order valence-corrected chi connectivity index (χ4v) is 2.08. The molecule has 4 N–H and O–H groups in total. The summed E-state index contributed by atoms with van der Waals surface area (Å²) >= 11 is 0. The number of anilines is 2. The number of aromatic nitrogens is 3. The monoisotopic (exact) mass is 325 g/mol. The van der Waals surface area contributed by atoms with Gasteiger partial charge in [0.1, 0.15) is 5.82 Å². The Morgan fingerprint density at radius 2 is 1.71 bits per heavy atom. The van der Waals surface area contributed by atoms with Crippen LogP contribution in [0.1, 0.15) is 0 Å². The normalized spacial score (nSPS) is 10.4. The molecule has 0 bridgehead atoms. The quantitative estimate of drug-likeness (QED) is 0.426. The summed E-state index contributed by atoms with van der Waals surface area (Å²) in [5.41, 5.74) is 6.40. The number of hydrogen-bond acceptors (Lipinski definition) is 7.